The molecule has 0 bridgehead atoms. The third-order valence-electron chi connectivity index (χ3n) is 3.63. The summed E-state index contributed by atoms with van der Waals surface area (Å²) in [5.74, 6) is -2.90. The Labute approximate surface area is 157 Å². The summed E-state index contributed by atoms with van der Waals surface area (Å²) in [6.07, 6.45) is 3.12. The summed E-state index contributed by atoms with van der Waals surface area (Å²) < 4.78 is 11.5. The molecule has 1 aromatic heterocycles. The second kappa shape index (κ2) is 10.2. The average molecular weight is 381 g/mol. The minimum atomic E-state index is -1.93. The van der Waals surface area contributed by atoms with Crippen LogP contribution >= 0.6 is 0 Å². The number of carbonyl (C=O) groups excluding carboxylic acids is 4. The van der Waals surface area contributed by atoms with Crippen molar-refractivity contribution in [2.24, 2.45) is 5.73 Å². The topological polar surface area (TPSA) is 142 Å². The summed E-state index contributed by atoms with van der Waals surface area (Å²) in [6, 6.07) is 1.51. The van der Waals surface area contributed by atoms with Gasteiger partial charge in [-0.05, 0) is 25.4 Å². The van der Waals surface area contributed by atoms with Gasteiger partial charge >= 0.3 is 11.9 Å². The number of rotatable bonds is 10. The molecule has 0 fully saturated rings. The predicted octanol–water partition coefficient (Wildman–Crippen LogP) is -0.751. The van der Waals surface area contributed by atoms with Crippen LogP contribution in [0.2, 0.25) is 0 Å². The summed E-state index contributed by atoms with van der Waals surface area (Å²) in [6.45, 7) is 4.81. The lowest BCUT2D eigenvalue weighted by molar-refractivity contribution is -0.754. The van der Waals surface area contributed by atoms with Crippen LogP contribution in [0.5, 0.6) is 0 Å². The van der Waals surface area contributed by atoms with Crippen molar-refractivity contribution >= 4 is 23.8 Å². The molecule has 27 heavy (non-hydrogen) atoms. The van der Waals surface area contributed by atoms with Gasteiger partial charge in [0.1, 0.15) is 6.20 Å². The number of nitrogens with zero attached hydrogens (tertiary/aromatic N) is 2. The van der Waals surface area contributed by atoms with Gasteiger partial charge in [0.05, 0.1) is 18.8 Å². The molecule has 3 N–H and O–H groups in total. The average Bonchev–Trinajstić information content (AvgIpc) is 2.61. The van der Waals surface area contributed by atoms with E-state index in [1.165, 1.54) is 23.9 Å². The highest BCUT2D eigenvalue weighted by molar-refractivity contribution is 6.07. The van der Waals surface area contributed by atoms with Gasteiger partial charge in [-0.2, -0.15) is 0 Å². The summed E-state index contributed by atoms with van der Waals surface area (Å²) in [4.78, 5) is 47.6. The number of esters is 2. The fraction of sp³-hybridized carbons (Fsp3) is 0.529. The van der Waals surface area contributed by atoms with Gasteiger partial charge in [-0.1, -0.05) is 4.68 Å². The number of nitrogens with one attached hydrogen (secondary N) is 1. The molecule has 0 aliphatic heterocycles. The van der Waals surface area contributed by atoms with Gasteiger partial charge in [0, 0.05) is 19.4 Å². The molecule has 1 rings (SSSR count). The zero-order valence-electron chi connectivity index (χ0n) is 15.7. The Morgan fingerprint density at radius 3 is 2.19 bits per heavy atom. The maximum Gasteiger partial charge on any atom is 0.343 e. The normalized spacial score (nSPS) is 10.8. The molecule has 0 unspecified atom stereocenters. The lowest BCUT2D eigenvalue weighted by Gasteiger charge is -2.29. The van der Waals surface area contributed by atoms with Crippen LogP contribution in [0.4, 0.5) is 0 Å². The zero-order chi connectivity index (χ0) is 20.4. The summed E-state index contributed by atoms with van der Waals surface area (Å²) in [7, 11) is 0. The molecule has 0 saturated carbocycles. The highest BCUT2D eigenvalue weighted by Crippen LogP contribution is 2.18. The van der Waals surface area contributed by atoms with Gasteiger partial charge < -0.3 is 20.5 Å². The molecule has 0 spiro atoms. The number of nitrogens with two attached hydrogens (primary N) is 1. The number of carbonyl (C=O) groups is 4. The quantitative estimate of drug-likeness (QED) is 0.308. The van der Waals surface area contributed by atoms with E-state index in [0.29, 0.717) is 13.0 Å². The van der Waals surface area contributed by atoms with E-state index in [-0.39, 0.29) is 25.2 Å². The van der Waals surface area contributed by atoms with Crippen molar-refractivity contribution < 1.29 is 33.3 Å². The van der Waals surface area contributed by atoms with E-state index in [2.05, 4.69) is 10.4 Å². The smallest absolute Gasteiger partial charge is 0.343 e. The molecule has 2 amide bonds. The summed E-state index contributed by atoms with van der Waals surface area (Å²) in [5.41, 5.74) is 3.50. The highest BCUT2D eigenvalue weighted by Gasteiger charge is 2.49. The third-order valence-corrected chi connectivity index (χ3v) is 3.63. The van der Waals surface area contributed by atoms with Gasteiger partial charge in [0.2, 0.25) is 11.4 Å². The van der Waals surface area contributed by atoms with Crippen LogP contribution in [0.3, 0.4) is 0 Å². The van der Waals surface area contributed by atoms with Crippen molar-refractivity contribution in [3.05, 3.63) is 24.0 Å². The number of hydrogen-bond acceptors (Lipinski definition) is 7. The fourth-order valence-electron chi connectivity index (χ4n) is 2.43. The number of primary amides is 1. The first-order chi connectivity index (χ1) is 12.8. The minimum absolute atomic E-state index is 0.0451. The van der Waals surface area contributed by atoms with E-state index >= 15 is 0 Å². The predicted molar refractivity (Wildman–Crippen MR) is 92.0 cm³/mol. The van der Waals surface area contributed by atoms with Crippen LogP contribution in [0.25, 0.3) is 0 Å². The van der Waals surface area contributed by atoms with Crippen molar-refractivity contribution in [1.29, 1.82) is 0 Å². The Kier molecular flexibility index (Phi) is 8.31. The molecule has 0 radical (unpaired) electrons. The molecule has 0 saturated heterocycles. The van der Waals surface area contributed by atoms with Gasteiger partial charge in [0.15, 0.2) is 12.7 Å². The lowest BCUT2D eigenvalue weighted by atomic mass is 9.93. The molecule has 10 heteroatoms. The first-order valence-corrected chi connectivity index (χ1v) is 8.55. The van der Waals surface area contributed by atoms with Crippen molar-refractivity contribution in [1.82, 2.24) is 10.4 Å². The van der Waals surface area contributed by atoms with Crippen LogP contribution < -0.4 is 15.7 Å². The van der Waals surface area contributed by atoms with Crippen molar-refractivity contribution in [3.8, 4) is 0 Å². The van der Waals surface area contributed by atoms with E-state index in [4.69, 9.17) is 15.2 Å². The summed E-state index contributed by atoms with van der Waals surface area (Å²) >= 11 is 0. The Hall–Kier alpha value is -3.04. The van der Waals surface area contributed by atoms with Gasteiger partial charge in [-0.3, -0.25) is 9.59 Å². The Morgan fingerprint density at radius 1 is 1.19 bits per heavy atom. The van der Waals surface area contributed by atoms with Crippen LogP contribution in [-0.2, 0) is 30.4 Å². The van der Waals surface area contributed by atoms with E-state index < -0.39 is 29.3 Å². The van der Waals surface area contributed by atoms with Crippen LogP contribution in [-0.4, -0.2) is 47.6 Å². The zero-order valence-corrected chi connectivity index (χ0v) is 15.7. The first-order valence-electron chi connectivity index (χ1n) is 8.55. The molecule has 10 nitrogen and oxygen atoms in total. The first kappa shape index (κ1) is 22.0. The second-order valence-electron chi connectivity index (χ2n) is 5.67. The Morgan fingerprint density at radius 2 is 1.78 bits per heavy atom. The Bertz CT molecular complexity index is 671. The maximum atomic E-state index is 12.5. The Balaban J connectivity index is 2.97. The largest absolute Gasteiger partial charge is 0.464 e. The fourth-order valence-corrected chi connectivity index (χ4v) is 2.43. The molecule has 0 aromatic carbocycles. The van der Waals surface area contributed by atoms with Crippen molar-refractivity contribution in [3.63, 3.8) is 0 Å². The van der Waals surface area contributed by atoms with E-state index in [1.807, 2.05) is 0 Å². The van der Waals surface area contributed by atoms with Crippen LogP contribution in [0.1, 0.15) is 44.0 Å². The third kappa shape index (κ3) is 6.01. The highest BCUT2D eigenvalue weighted by atomic mass is 16.6. The number of amides is 2. The molecule has 0 atom stereocenters. The minimum Gasteiger partial charge on any atom is -0.464 e. The van der Waals surface area contributed by atoms with E-state index in [0.717, 1.165) is 0 Å². The molecule has 1 heterocycles. The van der Waals surface area contributed by atoms with Crippen LogP contribution in [0, 0.1) is 0 Å². The maximum absolute atomic E-state index is 12.5. The monoisotopic (exact) mass is 381 g/mol. The molecule has 0 aliphatic carbocycles. The number of ether oxygens (including phenoxy) is 2. The standard InChI is InChI=1S/C17H24N4O6/c1-4-26-15(24)17(20-12(3)22,16(25)27-5-2)8-6-9-21-10-7-13(11-19-21)14(18)23/h7,10-11H,4-6,8-9H2,1-3H3,(H2-,18,20,22,23)/p+1. The van der Waals surface area contributed by atoms with E-state index in [9.17, 15) is 19.2 Å². The number of aromatic nitrogens is 2. The molecule has 0 aliphatic rings. The number of aryl methyl sites for hydroxylation is 1. The SMILES string of the molecule is CCOC(=O)C(CCC[n+]1ccc(C(N)=O)cn1)(NC(C)=O)C(=O)OCC. The molecule has 1 aromatic rings. The second-order valence-corrected chi connectivity index (χ2v) is 5.67. The van der Waals surface area contributed by atoms with Crippen LogP contribution in [0.15, 0.2) is 18.5 Å². The molecule has 148 valence electrons. The molecular formula is C17H25N4O6+. The van der Waals surface area contributed by atoms with Gasteiger partial charge in [0.25, 0.3) is 5.91 Å². The van der Waals surface area contributed by atoms with Crippen molar-refractivity contribution in [2.45, 2.75) is 45.7 Å². The summed E-state index contributed by atoms with van der Waals surface area (Å²) in [5, 5.41) is 6.43. The van der Waals surface area contributed by atoms with Gasteiger partial charge in [-0.15, -0.1) is 0 Å². The number of hydrogen-bond donors (Lipinski definition) is 2. The lowest BCUT2D eigenvalue weighted by Crippen LogP contribution is -2.61. The van der Waals surface area contributed by atoms with Gasteiger partial charge in [-0.25, -0.2) is 9.59 Å². The molecular weight excluding hydrogens is 356 g/mol. The van der Waals surface area contributed by atoms with Crippen molar-refractivity contribution in [2.75, 3.05) is 13.2 Å². The van der Waals surface area contributed by atoms with E-state index in [1.54, 1.807) is 20.0 Å².